The summed E-state index contributed by atoms with van der Waals surface area (Å²) in [4.78, 5) is 9.70. The standard InChI is InChI=1S/C12H16F2N2O2/c1-3-4-8(2)15-7-9-5-12(16(17)18)11(14)6-10(9)13/h5-6,8,15H,3-4,7H2,1-2H3. The highest BCUT2D eigenvalue weighted by Gasteiger charge is 2.18. The molecule has 4 nitrogen and oxygen atoms in total. The van der Waals surface area contributed by atoms with Gasteiger partial charge in [0.25, 0.3) is 0 Å². The number of nitrogens with one attached hydrogen (secondary N) is 1. The van der Waals surface area contributed by atoms with Crippen LogP contribution in [-0.2, 0) is 6.54 Å². The topological polar surface area (TPSA) is 55.2 Å². The van der Waals surface area contributed by atoms with Crippen molar-refractivity contribution >= 4 is 5.69 Å². The highest BCUT2D eigenvalue weighted by atomic mass is 19.1. The van der Waals surface area contributed by atoms with Gasteiger partial charge in [-0.2, -0.15) is 4.39 Å². The second-order valence-electron chi connectivity index (χ2n) is 4.22. The molecule has 1 atom stereocenters. The second-order valence-corrected chi connectivity index (χ2v) is 4.22. The van der Waals surface area contributed by atoms with Crippen LogP contribution >= 0.6 is 0 Å². The lowest BCUT2D eigenvalue weighted by atomic mass is 10.1. The first-order valence-corrected chi connectivity index (χ1v) is 5.81. The molecule has 1 aromatic rings. The van der Waals surface area contributed by atoms with Gasteiger partial charge in [0.05, 0.1) is 4.92 Å². The Morgan fingerprint density at radius 2 is 2.06 bits per heavy atom. The van der Waals surface area contributed by atoms with Gasteiger partial charge in [0, 0.05) is 30.3 Å². The van der Waals surface area contributed by atoms with Gasteiger partial charge in [-0.15, -0.1) is 0 Å². The quantitative estimate of drug-likeness (QED) is 0.630. The van der Waals surface area contributed by atoms with Crippen molar-refractivity contribution in [2.45, 2.75) is 39.3 Å². The van der Waals surface area contributed by atoms with Gasteiger partial charge in [-0.25, -0.2) is 4.39 Å². The molecule has 0 aliphatic carbocycles. The van der Waals surface area contributed by atoms with Gasteiger partial charge in [-0.1, -0.05) is 13.3 Å². The maximum absolute atomic E-state index is 13.4. The van der Waals surface area contributed by atoms with Crippen molar-refractivity contribution in [1.29, 1.82) is 0 Å². The minimum Gasteiger partial charge on any atom is -0.310 e. The molecule has 1 aromatic carbocycles. The van der Waals surface area contributed by atoms with Crippen LogP contribution in [0.5, 0.6) is 0 Å². The fraction of sp³-hybridized carbons (Fsp3) is 0.500. The number of benzene rings is 1. The van der Waals surface area contributed by atoms with Crippen LogP contribution in [0.15, 0.2) is 12.1 Å². The zero-order chi connectivity index (χ0) is 13.7. The number of nitro benzene ring substituents is 1. The summed E-state index contributed by atoms with van der Waals surface area (Å²) in [7, 11) is 0. The number of hydrogen-bond acceptors (Lipinski definition) is 3. The molecule has 6 heteroatoms. The minimum absolute atomic E-state index is 0.103. The molecule has 0 aliphatic rings. The lowest BCUT2D eigenvalue weighted by Crippen LogP contribution is -2.25. The van der Waals surface area contributed by atoms with Crippen LogP contribution in [-0.4, -0.2) is 11.0 Å². The summed E-state index contributed by atoms with van der Waals surface area (Å²) in [6, 6.07) is 1.68. The third-order valence-electron chi connectivity index (χ3n) is 2.68. The van der Waals surface area contributed by atoms with Crippen LogP contribution in [0.4, 0.5) is 14.5 Å². The van der Waals surface area contributed by atoms with E-state index in [9.17, 15) is 18.9 Å². The van der Waals surface area contributed by atoms with E-state index in [1.807, 2.05) is 13.8 Å². The maximum atomic E-state index is 13.4. The SMILES string of the molecule is CCCC(C)NCc1cc([N+](=O)[O-])c(F)cc1F. The first-order valence-electron chi connectivity index (χ1n) is 5.81. The van der Waals surface area contributed by atoms with E-state index >= 15 is 0 Å². The number of nitro groups is 1. The normalized spacial score (nSPS) is 12.4. The largest absolute Gasteiger partial charge is 0.310 e. The average Bonchev–Trinajstić information content (AvgIpc) is 2.27. The van der Waals surface area contributed by atoms with Gasteiger partial charge in [-0.05, 0) is 13.3 Å². The Morgan fingerprint density at radius 1 is 1.39 bits per heavy atom. The van der Waals surface area contributed by atoms with Crippen LogP contribution in [0.2, 0.25) is 0 Å². The first kappa shape index (κ1) is 14.5. The predicted octanol–water partition coefficient (Wildman–Crippen LogP) is 3.15. The molecule has 1 unspecified atom stereocenters. The van der Waals surface area contributed by atoms with Crippen LogP contribution in [0.25, 0.3) is 0 Å². The van der Waals surface area contributed by atoms with Crippen LogP contribution in [0, 0.1) is 21.7 Å². The van der Waals surface area contributed by atoms with E-state index in [0.29, 0.717) is 6.07 Å². The monoisotopic (exact) mass is 258 g/mol. The molecular weight excluding hydrogens is 242 g/mol. The zero-order valence-corrected chi connectivity index (χ0v) is 10.4. The minimum atomic E-state index is -1.15. The van der Waals surface area contributed by atoms with Crippen molar-refractivity contribution in [3.8, 4) is 0 Å². The van der Waals surface area contributed by atoms with Gasteiger partial charge in [0.1, 0.15) is 5.82 Å². The summed E-state index contributed by atoms with van der Waals surface area (Å²) >= 11 is 0. The smallest absolute Gasteiger partial charge is 0.305 e. The van der Waals surface area contributed by atoms with Gasteiger partial charge in [-0.3, -0.25) is 10.1 Å². The Labute approximate surface area is 104 Å². The molecule has 1 rings (SSSR count). The third-order valence-corrected chi connectivity index (χ3v) is 2.68. The molecule has 0 amide bonds. The lowest BCUT2D eigenvalue weighted by molar-refractivity contribution is -0.387. The molecule has 1 N–H and O–H groups in total. The molecule has 100 valence electrons. The van der Waals surface area contributed by atoms with Crippen molar-refractivity contribution < 1.29 is 13.7 Å². The van der Waals surface area contributed by atoms with Gasteiger partial charge in [0.2, 0.25) is 5.82 Å². The molecular formula is C12H16F2N2O2. The highest BCUT2D eigenvalue weighted by Crippen LogP contribution is 2.21. The summed E-state index contributed by atoms with van der Waals surface area (Å²) in [5, 5.41) is 13.6. The van der Waals surface area contributed by atoms with Gasteiger partial charge >= 0.3 is 5.69 Å². The van der Waals surface area contributed by atoms with E-state index in [-0.39, 0.29) is 18.2 Å². The predicted molar refractivity (Wildman–Crippen MR) is 64.2 cm³/mol. The van der Waals surface area contributed by atoms with Crippen LogP contribution in [0.1, 0.15) is 32.3 Å². The van der Waals surface area contributed by atoms with E-state index < -0.39 is 22.2 Å². The maximum Gasteiger partial charge on any atom is 0.305 e. The molecule has 0 heterocycles. The molecule has 18 heavy (non-hydrogen) atoms. The molecule has 0 saturated carbocycles. The van der Waals surface area contributed by atoms with Crippen molar-refractivity contribution in [2.24, 2.45) is 0 Å². The number of rotatable bonds is 6. The van der Waals surface area contributed by atoms with Crippen molar-refractivity contribution in [3.63, 3.8) is 0 Å². The van der Waals surface area contributed by atoms with Crippen LogP contribution in [0.3, 0.4) is 0 Å². The molecule has 0 aromatic heterocycles. The second kappa shape index (κ2) is 6.39. The summed E-state index contributed by atoms with van der Waals surface area (Å²) in [5.74, 6) is -1.92. The molecule has 0 fully saturated rings. The molecule has 0 saturated heterocycles. The number of halogens is 2. The summed E-state index contributed by atoms with van der Waals surface area (Å²) in [6.07, 6.45) is 1.91. The first-order chi connectivity index (χ1) is 8.45. The Kier molecular flexibility index (Phi) is 5.15. The third kappa shape index (κ3) is 3.73. The van der Waals surface area contributed by atoms with Crippen molar-refractivity contribution in [3.05, 3.63) is 39.4 Å². The van der Waals surface area contributed by atoms with E-state index in [1.54, 1.807) is 0 Å². The Bertz CT molecular complexity index is 438. The lowest BCUT2D eigenvalue weighted by Gasteiger charge is -2.13. The number of nitrogens with zero attached hydrogens (tertiary/aromatic N) is 1. The summed E-state index contributed by atoms with van der Waals surface area (Å²) < 4.78 is 26.5. The van der Waals surface area contributed by atoms with Gasteiger partial charge < -0.3 is 5.32 Å². The van der Waals surface area contributed by atoms with E-state index in [4.69, 9.17) is 0 Å². The summed E-state index contributed by atoms with van der Waals surface area (Å²) in [6.45, 7) is 4.12. The van der Waals surface area contributed by atoms with E-state index in [2.05, 4.69) is 5.32 Å². The average molecular weight is 258 g/mol. The molecule has 0 radical (unpaired) electrons. The Morgan fingerprint density at radius 3 is 2.61 bits per heavy atom. The number of hydrogen-bond donors (Lipinski definition) is 1. The molecule has 0 aliphatic heterocycles. The molecule has 0 spiro atoms. The molecule has 0 bridgehead atoms. The van der Waals surface area contributed by atoms with E-state index in [0.717, 1.165) is 18.9 Å². The van der Waals surface area contributed by atoms with Crippen molar-refractivity contribution in [2.75, 3.05) is 0 Å². The Hall–Kier alpha value is -1.56. The van der Waals surface area contributed by atoms with Gasteiger partial charge in [0.15, 0.2) is 0 Å². The van der Waals surface area contributed by atoms with Crippen molar-refractivity contribution in [1.82, 2.24) is 5.32 Å². The fourth-order valence-corrected chi connectivity index (χ4v) is 1.68. The zero-order valence-electron chi connectivity index (χ0n) is 10.4. The highest BCUT2D eigenvalue weighted by molar-refractivity contribution is 5.37. The fourth-order valence-electron chi connectivity index (χ4n) is 1.68. The van der Waals surface area contributed by atoms with Crippen LogP contribution < -0.4 is 5.32 Å². The van der Waals surface area contributed by atoms with E-state index in [1.165, 1.54) is 0 Å². The Balaban J connectivity index is 2.82. The summed E-state index contributed by atoms with van der Waals surface area (Å²) in [5.41, 5.74) is -0.595.